The number of alkyl halides is 3. The standard InChI is InChI=1S/C13H13F3N2O2/c1-7(2)20-12(19)6-11-9-4-3-8(13(14,15)16)5-10(9)17-18-11/h3-5,7H,6H2,1-2H3,(H,17,18). The molecule has 4 nitrogen and oxygen atoms in total. The average molecular weight is 286 g/mol. The van der Waals surface area contributed by atoms with Crippen LogP contribution in [0.4, 0.5) is 13.2 Å². The van der Waals surface area contributed by atoms with Gasteiger partial charge in [-0.25, -0.2) is 0 Å². The summed E-state index contributed by atoms with van der Waals surface area (Å²) in [5.41, 5.74) is -0.153. The molecule has 0 aliphatic heterocycles. The van der Waals surface area contributed by atoms with Gasteiger partial charge in [0.25, 0.3) is 0 Å². The topological polar surface area (TPSA) is 55.0 Å². The van der Waals surface area contributed by atoms with Crippen molar-refractivity contribution in [3.05, 3.63) is 29.5 Å². The summed E-state index contributed by atoms with van der Waals surface area (Å²) in [4.78, 5) is 11.5. The highest BCUT2D eigenvalue weighted by atomic mass is 19.4. The predicted octanol–water partition coefficient (Wildman–Crippen LogP) is 3.08. The molecule has 0 radical (unpaired) electrons. The number of benzene rings is 1. The van der Waals surface area contributed by atoms with Crippen LogP contribution in [0.1, 0.15) is 25.1 Å². The maximum atomic E-state index is 12.6. The minimum absolute atomic E-state index is 0.0555. The van der Waals surface area contributed by atoms with Crippen molar-refractivity contribution in [2.75, 3.05) is 0 Å². The van der Waals surface area contributed by atoms with Crippen molar-refractivity contribution in [3.63, 3.8) is 0 Å². The fourth-order valence-electron chi connectivity index (χ4n) is 1.83. The largest absolute Gasteiger partial charge is 0.463 e. The normalized spacial score (nSPS) is 12.1. The molecular formula is C13H13F3N2O2. The minimum Gasteiger partial charge on any atom is -0.463 e. The molecule has 0 fully saturated rings. The highest BCUT2D eigenvalue weighted by molar-refractivity contribution is 5.86. The number of aromatic nitrogens is 2. The monoisotopic (exact) mass is 286 g/mol. The first-order chi connectivity index (χ1) is 9.27. The maximum Gasteiger partial charge on any atom is 0.416 e. The number of halogens is 3. The zero-order valence-corrected chi connectivity index (χ0v) is 10.9. The van der Waals surface area contributed by atoms with Gasteiger partial charge in [-0.15, -0.1) is 0 Å². The summed E-state index contributed by atoms with van der Waals surface area (Å²) >= 11 is 0. The molecule has 0 aliphatic carbocycles. The summed E-state index contributed by atoms with van der Waals surface area (Å²) in [7, 11) is 0. The van der Waals surface area contributed by atoms with Crippen LogP contribution in [-0.4, -0.2) is 22.3 Å². The van der Waals surface area contributed by atoms with Crippen LogP contribution in [0.2, 0.25) is 0 Å². The lowest BCUT2D eigenvalue weighted by molar-refractivity contribution is -0.146. The van der Waals surface area contributed by atoms with Gasteiger partial charge in [-0.3, -0.25) is 9.89 Å². The van der Waals surface area contributed by atoms with Crippen LogP contribution in [0.3, 0.4) is 0 Å². The zero-order valence-electron chi connectivity index (χ0n) is 10.9. The molecule has 0 saturated carbocycles. The van der Waals surface area contributed by atoms with Crippen LogP contribution in [-0.2, 0) is 22.1 Å². The predicted molar refractivity (Wildman–Crippen MR) is 66.0 cm³/mol. The number of fused-ring (bicyclic) bond motifs is 1. The molecule has 2 rings (SSSR count). The van der Waals surface area contributed by atoms with Crippen molar-refractivity contribution in [2.24, 2.45) is 0 Å². The Bertz CT molecular complexity index is 632. The van der Waals surface area contributed by atoms with E-state index in [-0.39, 0.29) is 18.0 Å². The van der Waals surface area contributed by atoms with Gasteiger partial charge in [-0.1, -0.05) is 6.07 Å². The molecule has 1 N–H and O–H groups in total. The molecule has 0 atom stereocenters. The number of esters is 1. The number of ether oxygens (including phenoxy) is 1. The molecule has 1 aromatic carbocycles. The quantitative estimate of drug-likeness (QED) is 0.882. The lowest BCUT2D eigenvalue weighted by atomic mass is 10.1. The number of carbonyl (C=O) groups excluding carboxylic acids is 1. The second-order valence-corrected chi connectivity index (χ2v) is 4.65. The van der Waals surface area contributed by atoms with Crippen molar-refractivity contribution in [2.45, 2.75) is 32.5 Å². The Morgan fingerprint density at radius 1 is 1.40 bits per heavy atom. The number of carbonyl (C=O) groups is 1. The van der Waals surface area contributed by atoms with Crippen molar-refractivity contribution < 1.29 is 22.7 Å². The van der Waals surface area contributed by atoms with E-state index >= 15 is 0 Å². The molecule has 0 bridgehead atoms. The van der Waals surface area contributed by atoms with Gasteiger partial charge in [0.15, 0.2) is 0 Å². The minimum atomic E-state index is -4.41. The molecule has 0 unspecified atom stereocenters. The highest BCUT2D eigenvalue weighted by Gasteiger charge is 2.31. The molecule has 20 heavy (non-hydrogen) atoms. The third kappa shape index (κ3) is 3.09. The van der Waals surface area contributed by atoms with E-state index in [0.29, 0.717) is 11.1 Å². The van der Waals surface area contributed by atoms with Crippen molar-refractivity contribution in [1.82, 2.24) is 10.2 Å². The van der Waals surface area contributed by atoms with Crippen molar-refractivity contribution in [1.29, 1.82) is 0 Å². The van der Waals surface area contributed by atoms with Crippen molar-refractivity contribution >= 4 is 16.9 Å². The van der Waals surface area contributed by atoms with E-state index in [1.165, 1.54) is 6.07 Å². The summed E-state index contributed by atoms with van der Waals surface area (Å²) in [6.07, 6.45) is -4.71. The van der Waals surface area contributed by atoms with Gasteiger partial charge in [-0.2, -0.15) is 18.3 Å². The summed E-state index contributed by atoms with van der Waals surface area (Å²) < 4.78 is 42.7. The van der Waals surface area contributed by atoms with E-state index in [9.17, 15) is 18.0 Å². The van der Waals surface area contributed by atoms with E-state index in [0.717, 1.165) is 12.1 Å². The van der Waals surface area contributed by atoms with E-state index < -0.39 is 17.7 Å². The molecule has 1 heterocycles. The summed E-state index contributed by atoms with van der Waals surface area (Å²) in [6, 6.07) is 3.22. The second kappa shape index (κ2) is 5.15. The van der Waals surface area contributed by atoms with Gasteiger partial charge >= 0.3 is 12.1 Å². The molecule has 0 spiro atoms. The molecule has 0 saturated heterocycles. The van der Waals surface area contributed by atoms with Gasteiger partial charge in [0.1, 0.15) is 0 Å². The van der Waals surface area contributed by atoms with Gasteiger partial charge in [0.05, 0.1) is 29.3 Å². The number of hydrogen-bond donors (Lipinski definition) is 1. The first kappa shape index (κ1) is 14.4. The Hall–Kier alpha value is -2.05. The Balaban J connectivity index is 2.27. The molecular weight excluding hydrogens is 273 g/mol. The maximum absolute atomic E-state index is 12.6. The second-order valence-electron chi connectivity index (χ2n) is 4.65. The van der Waals surface area contributed by atoms with Crippen LogP contribution in [0, 0.1) is 0 Å². The highest BCUT2D eigenvalue weighted by Crippen LogP contribution is 2.31. The number of nitrogens with one attached hydrogen (secondary N) is 1. The van der Waals surface area contributed by atoms with Crippen LogP contribution < -0.4 is 0 Å². The Morgan fingerprint density at radius 3 is 2.70 bits per heavy atom. The van der Waals surface area contributed by atoms with Gasteiger partial charge in [-0.05, 0) is 26.0 Å². The van der Waals surface area contributed by atoms with E-state index in [1.807, 2.05) is 0 Å². The molecule has 108 valence electrons. The molecule has 0 aliphatic rings. The SMILES string of the molecule is CC(C)OC(=O)Cc1[nH]nc2cc(C(F)(F)F)ccc12. The third-order valence-electron chi connectivity index (χ3n) is 2.65. The molecule has 0 amide bonds. The lowest BCUT2D eigenvalue weighted by Gasteiger charge is -2.07. The Labute approximate surface area is 112 Å². The number of hydrogen-bond acceptors (Lipinski definition) is 3. The van der Waals surface area contributed by atoms with E-state index in [2.05, 4.69) is 10.2 Å². The Kier molecular flexibility index (Phi) is 3.69. The van der Waals surface area contributed by atoms with Crippen LogP contribution >= 0.6 is 0 Å². The zero-order chi connectivity index (χ0) is 14.9. The van der Waals surface area contributed by atoms with E-state index in [1.54, 1.807) is 13.8 Å². The first-order valence-corrected chi connectivity index (χ1v) is 6.01. The average Bonchev–Trinajstić information content (AvgIpc) is 2.69. The number of aromatic amines is 1. The molecule has 1 aromatic heterocycles. The van der Waals surface area contributed by atoms with E-state index in [4.69, 9.17) is 4.74 Å². The summed E-state index contributed by atoms with van der Waals surface area (Å²) in [6.45, 7) is 3.44. The molecule has 2 aromatic rings. The van der Waals surface area contributed by atoms with Crippen molar-refractivity contribution in [3.8, 4) is 0 Å². The van der Waals surface area contributed by atoms with Gasteiger partial charge in [0.2, 0.25) is 0 Å². The van der Waals surface area contributed by atoms with Gasteiger partial charge < -0.3 is 4.74 Å². The Morgan fingerprint density at radius 2 is 2.10 bits per heavy atom. The summed E-state index contributed by atoms with van der Waals surface area (Å²) in [5, 5.41) is 6.86. The first-order valence-electron chi connectivity index (χ1n) is 6.01. The molecule has 7 heteroatoms. The number of H-pyrrole nitrogens is 1. The van der Waals surface area contributed by atoms with Crippen LogP contribution in [0.5, 0.6) is 0 Å². The van der Waals surface area contributed by atoms with Crippen LogP contribution in [0.15, 0.2) is 18.2 Å². The fraction of sp³-hybridized carbons (Fsp3) is 0.385. The lowest BCUT2D eigenvalue weighted by Crippen LogP contribution is -2.13. The fourth-order valence-corrected chi connectivity index (χ4v) is 1.83. The summed E-state index contributed by atoms with van der Waals surface area (Å²) in [5.74, 6) is -0.453. The van der Waals surface area contributed by atoms with Crippen LogP contribution in [0.25, 0.3) is 10.9 Å². The van der Waals surface area contributed by atoms with Gasteiger partial charge in [0, 0.05) is 5.39 Å². The number of nitrogens with zero attached hydrogens (tertiary/aromatic N) is 1. The third-order valence-corrected chi connectivity index (χ3v) is 2.65. The smallest absolute Gasteiger partial charge is 0.416 e. The number of rotatable bonds is 3.